The van der Waals surface area contributed by atoms with Gasteiger partial charge in [-0.25, -0.2) is 0 Å². The molecule has 0 heterocycles. The van der Waals surface area contributed by atoms with Crippen LogP contribution in [0.2, 0.25) is 0 Å². The smallest absolute Gasteiger partial charge is 0.0615 e. The van der Waals surface area contributed by atoms with Gasteiger partial charge >= 0.3 is 0 Å². The largest absolute Gasteiger partial charge is 0.394 e. The molecule has 0 saturated heterocycles. The third-order valence-corrected chi connectivity index (χ3v) is 3.59. The van der Waals surface area contributed by atoms with Crippen molar-refractivity contribution < 1.29 is 5.11 Å². The molecule has 3 unspecified atom stereocenters. The lowest BCUT2D eigenvalue weighted by molar-refractivity contribution is 0.0591. The Morgan fingerprint density at radius 1 is 1.46 bits per heavy atom. The Bertz CT molecular complexity index is 160. The first-order valence-electron chi connectivity index (χ1n) is 5.50. The van der Waals surface area contributed by atoms with Crippen molar-refractivity contribution in [2.75, 3.05) is 13.2 Å². The van der Waals surface area contributed by atoms with Gasteiger partial charge in [-0.1, -0.05) is 20.8 Å². The summed E-state index contributed by atoms with van der Waals surface area (Å²) in [5.41, 5.74) is 0.0151. The zero-order valence-corrected chi connectivity index (χ0v) is 9.14. The van der Waals surface area contributed by atoms with Crippen LogP contribution in [-0.2, 0) is 0 Å². The van der Waals surface area contributed by atoms with Crippen LogP contribution in [0.1, 0.15) is 40.0 Å². The van der Waals surface area contributed by atoms with Gasteiger partial charge in [0.15, 0.2) is 0 Å². The summed E-state index contributed by atoms with van der Waals surface area (Å²) in [6, 6.07) is 0. The molecule has 0 radical (unpaired) electrons. The summed E-state index contributed by atoms with van der Waals surface area (Å²) in [5.74, 6) is 1.43. The normalized spacial score (nSPS) is 40.6. The van der Waals surface area contributed by atoms with Crippen LogP contribution in [0.5, 0.6) is 0 Å². The van der Waals surface area contributed by atoms with Gasteiger partial charge in [0.05, 0.1) is 6.61 Å². The fourth-order valence-electron chi connectivity index (χ4n) is 2.60. The lowest BCUT2D eigenvalue weighted by Crippen LogP contribution is -2.55. The average molecular weight is 185 g/mol. The molecule has 13 heavy (non-hydrogen) atoms. The number of aliphatic hydroxyl groups is 1. The van der Waals surface area contributed by atoms with Crippen LogP contribution in [0.4, 0.5) is 0 Å². The minimum absolute atomic E-state index is 0.0151. The zero-order chi connectivity index (χ0) is 9.90. The molecule has 3 atom stereocenters. The summed E-state index contributed by atoms with van der Waals surface area (Å²) in [5, 5.41) is 12.9. The van der Waals surface area contributed by atoms with E-state index in [4.69, 9.17) is 0 Å². The molecule has 1 aliphatic rings. The highest BCUT2D eigenvalue weighted by molar-refractivity contribution is 4.96. The van der Waals surface area contributed by atoms with Crippen LogP contribution >= 0.6 is 0 Å². The topological polar surface area (TPSA) is 32.3 Å². The Morgan fingerprint density at radius 2 is 2.15 bits per heavy atom. The monoisotopic (exact) mass is 185 g/mol. The second kappa shape index (κ2) is 4.43. The van der Waals surface area contributed by atoms with Crippen molar-refractivity contribution in [3.63, 3.8) is 0 Å². The second-order valence-electron chi connectivity index (χ2n) is 4.63. The number of rotatable bonds is 3. The summed E-state index contributed by atoms with van der Waals surface area (Å²) in [6.45, 7) is 7.93. The van der Waals surface area contributed by atoms with Gasteiger partial charge in [0.25, 0.3) is 0 Å². The second-order valence-corrected chi connectivity index (χ2v) is 4.63. The summed E-state index contributed by atoms with van der Waals surface area (Å²) < 4.78 is 0. The fourth-order valence-corrected chi connectivity index (χ4v) is 2.60. The van der Waals surface area contributed by atoms with Gasteiger partial charge in [0.1, 0.15) is 0 Å². The third kappa shape index (κ3) is 2.23. The molecule has 0 amide bonds. The molecular weight excluding hydrogens is 162 g/mol. The molecule has 1 rings (SSSR count). The highest BCUT2D eigenvalue weighted by atomic mass is 16.3. The van der Waals surface area contributed by atoms with Gasteiger partial charge < -0.3 is 10.4 Å². The molecule has 0 aromatic carbocycles. The molecule has 2 nitrogen and oxygen atoms in total. The predicted octanol–water partition coefficient (Wildman–Crippen LogP) is 1.78. The highest BCUT2D eigenvalue weighted by Gasteiger charge is 2.38. The van der Waals surface area contributed by atoms with Crippen molar-refractivity contribution in [2.45, 2.75) is 45.6 Å². The summed E-state index contributed by atoms with van der Waals surface area (Å²) >= 11 is 0. The first kappa shape index (κ1) is 11.0. The summed E-state index contributed by atoms with van der Waals surface area (Å²) in [6.07, 6.45) is 3.62. The van der Waals surface area contributed by atoms with Crippen molar-refractivity contribution in [3.05, 3.63) is 0 Å². The molecule has 0 aromatic heterocycles. The van der Waals surface area contributed by atoms with Crippen molar-refractivity contribution in [2.24, 2.45) is 11.8 Å². The maximum Gasteiger partial charge on any atom is 0.0615 e. The maximum atomic E-state index is 9.47. The van der Waals surface area contributed by atoms with Crippen molar-refractivity contribution in [3.8, 4) is 0 Å². The number of hydrogen-bond acceptors (Lipinski definition) is 2. The van der Waals surface area contributed by atoms with E-state index in [9.17, 15) is 5.11 Å². The first-order chi connectivity index (χ1) is 6.14. The van der Waals surface area contributed by atoms with Gasteiger partial charge in [-0.15, -0.1) is 0 Å². The molecule has 1 fully saturated rings. The van der Waals surface area contributed by atoms with E-state index in [1.807, 2.05) is 0 Å². The number of hydrogen-bond donors (Lipinski definition) is 2. The van der Waals surface area contributed by atoms with E-state index in [0.29, 0.717) is 5.92 Å². The van der Waals surface area contributed by atoms with Crippen LogP contribution < -0.4 is 5.32 Å². The van der Waals surface area contributed by atoms with Crippen molar-refractivity contribution >= 4 is 0 Å². The molecule has 0 spiro atoms. The van der Waals surface area contributed by atoms with E-state index >= 15 is 0 Å². The average Bonchev–Trinajstić information content (AvgIpc) is 2.11. The Kier molecular flexibility index (Phi) is 3.74. The molecule has 1 saturated carbocycles. The van der Waals surface area contributed by atoms with E-state index in [1.54, 1.807) is 0 Å². The van der Waals surface area contributed by atoms with Crippen molar-refractivity contribution in [1.29, 1.82) is 0 Å². The van der Waals surface area contributed by atoms with Crippen LogP contribution in [0.25, 0.3) is 0 Å². The van der Waals surface area contributed by atoms with E-state index in [-0.39, 0.29) is 12.1 Å². The number of likely N-dealkylation sites (N-methyl/N-ethyl adjacent to an activating group) is 1. The van der Waals surface area contributed by atoms with Gasteiger partial charge in [-0.05, 0) is 37.6 Å². The minimum atomic E-state index is 0.0151. The standard InChI is InChI=1S/C11H23NO/c1-4-12-11(8-13)6-5-9(2)7-10(11)3/h9-10,12-13H,4-8H2,1-3H3. The molecular formula is C11H23NO. The quantitative estimate of drug-likeness (QED) is 0.702. The Labute approximate surface area is 81.7 Å². The lowest BCUT2D eigenvalue weighted by atomic mass is 9.70. The molecule has 78 valence electrons. The number of nitrogens with one attached hydrogen (secondary N) is 1. The Balaban J connectivity index is 2.63. The Morgan fingerprint density at radius 3 is 2.62 bits per heavy atom. The number of aliphatic hydroxyl groups excluding tert-OH is 1. The first-order valence-corrected chi connectivity index (χ1v) is 5.50. The summed E-state index contributed by atoms with van der Waals surface area (Å²) in [4.78, 5) is 0. The van der Waals surface area contributed by atoms with Crippen LogP contribution in [0.3, 0.4) is 0 Å². The third-order valence-electron chi connectivity index (χ3n) is 3.59. The van der Waals surface area contributed by atoms with Crippen LogP contribution in [0.15, 0.2) is 0 Å². The van der Waals surface area contributed by atoms with Gasteiger partial charge in [-0.2, -0.15) is 0 Å². The SMILES string of the molecule is CCNC1(CO)CCC(C)CC1C. The predicted molar refractivity (Wildman–Crippen MR) is 55.7 cm³/mol. The molecule has 2 heteroatoms. The van der Waals surface area contributed by atoms with E-state index in [1.165, 1.54) is 12.8 Å². The van der Waals surface area contributed by atoms with Gasteiger partial charge in [0.2, 0.25) is 0 Å². The van der Waals surface area contributed by atoms with Gasteiger partial charge in [0, 0.05) is 5.54 Å². The van der Waals surface area contributed by atoms with Gasteiger partial charge in [-0.3, -0.25) is 0 Å². The fraction of sp³-hybridized carbons (Fsp3) is 1.00. The van der Waals surface area contributed by atoms with Crippen LogP contribution in [-0.4, -0.2) is 23.8 Å². The molecule has 2 N–H and O–H groups in total. The minimum Gasteiger partial charge on any atom is -0.394 e. The summed E-state index contributed by atoms with van der Waals surface area (Å²) in [7, 11) is 0. The van der Waals surface area contributed by atoms with E-state index in [0.717, 1.165) is 18.9 Å². The molecule has 0 aromatic rings. The molecule has 0 aliphatic heterocycles. The maximum absolute atomic E-state index is 9.47. The van der Waals surface area contributed by atoms with E-state index < -0.39 is 0 Å². The molecule has 0 bridgehead atoms. The Hall–Kier alpha value is -0.0800. The lowest BCUT2D eigenvalue weighted by Gasteiger charge is -2.44. The van der Waals surface area contributed by atoms with E-state index in [2.05, 4.69) is 26.1 Å². The highest BCUT2D eigenvalue weighted by Crippen LogP contribution is 2.36. The zero-order valence-electron chi connectivity index (χ0n) is 9.14. The van der Waals surface area contributed by atoms with Crippen molar-refractivity contribution in [1.82, 2.24) is 5.32 Å². The molecule has 1 aliphatic carbocycles. The van der Waals surface area contributed by atoms with Crippen LogP contribution in [0, 0.1) is 11.8 Å².